The Labute approximate surface area is 192 Å². The molecule has 0 aromatic carbocycles. The SMILES string of the molecule is C=C1CC[C@H]2[C@](C)(CCC[C@]2(C)C(=O)OC)[C@H]1CCc1ccoc1CNCC(=O)OCC. The summed E-state index contributed by atoms with van der Waals surface area (Å²) in [7, 11) is 1.51. The third-order valence-electron chi connectivity index (χ3n) is 8.07. The van der Waals surface area contributed by atoms with Gasteiger partial charge in [-0.25, -0.2) is 0 Å². The van der Waals surface area contributed by atoms with Gasteiger partial charge in [-0.3, -0.25) is 14.9 Å². The van der Waals surface area contributed by atoms with Crippen molar-refractivity contribution in [2.75, 3.05) is 20.3 Å². The number of nitrogens with one attached hydrogen (secondary N) is 1. The fraction of sp³-hybridized carbons (Fsp3) is 0.692. The summed E-state index contributed by atoms with van der Waals surface area (Å²) in [5.74, 6) is 1.21. The van der Waals surface area contributed by atoms with Gasteiger partial charge in [0.1, 0.15) is 5.76 Å². The summed E-state index contributed by atoms with van der Waals surface area (Å²) >= 11 is 0. The number of ether oxygens (including phenoxy) is 2. The van der Waals surface area contributed by atoms with Gasteiger partial charge in [0.25, 0.3) is 0 Å². The molecule has 2 fully saturated rings. The van der Waals surface area contributed by atoms with E-state index < -0.39 is 5.41 Å². The number of methoxy groups -OCH3 is 1. The maximum atomic E-state index is 12.8. The van der Waals surface area contributed by atoms with Crippen molar-refractivity contribution in [1.82, 2.24) is 5.32 Å². The van der Waals surface area contributed by atoms with Gasteiger partial charge < -0.3 is 13.9 Å². The molecule has 6 nitrogen and oxygen atoms in total. The normalized spacial score (nSPS) is 29.9. The maximum absolute atomic E-state index is 12.8. The molecule has 1 aromatic rings. The summed E-state index contributed by atoms with van der Waals surface area (Å²) in [6, 6.07) is 2.02. The summed E-state index contributed by atoms with van der Waals surface area (Å²) in [6.45, 7) is 11.8. The number of hydrogen-bond acceptors (Lipinski definition) is 6. The molecule has 0 bridgehead atoms. The minimum Gasteiger partial charge on any atom is -0.469 e. The van der Waals surface area contributed by atoms with Gasteiger partial charge in [0.2, 0.25) is 0 Å². The first-order valence-electron chi connectivity index (χ1n) is 11.9. The van der Waals surface area contributed by atoms with Crippen molar-refractivity contribution in [3.63, 3.8) is 0 Å². The van der Waals surface area contributed by atoms with Gasteiger partial charge in [-0.1, -0.05) is 25.5 Å². The smallest absolute Gasteiger partial charge is 0.319 e. The van der Waals surface area contributed by atoms with E-state index >= 15 is 0 Å². The van der Waals surface area contributed by atoms with Gasteiger partial charge >= 0.3 is 11.9 Å². The molecule has 3 rings (SSSR count). The van der Waals surface area contributed by atoms with Crippen LogP contribution in [0.15, 0.2) is 28.9 Å². The lowest BCUT2D eigenvalue weighted by Gasteiger charge is -2.57. The topological polar surface area (TPSA) is 77.8 Å². The molecule has 178 valence electrons. The Balaban J connectivity index is 1.69. The van der Waals surface area contributed by atoms with E-state index in [9.17, 15) is 9.59 Å². The van der Waals surface area contributed by atoms with Crippen molar-refractivity contribution >= 4 is 11.9 Å². The van der Waals surface area contributed by atoms with Gasteiger partial charge in [0.05, 0.1) is 38.5 Å². The van der Waals surface area contributed by atoms with Crippen LogP contribution in [-0.2, 0) is 32.0 Å². The van der Waals surface area contributed by atoms with Crippen molar-refractivity contribution in [3.8, 4) is 0 Å². The number of hydrogen-bond donors (Lipinski definition) is 1. The van der Waals surface area contributed by atoms with E-state index in [4.69, 9.17) is 13.9 Å². The minimum atomic E-state index is -0.418. The molecule has 0 amide bonds. The summed E-state index contributed by atoms with van der Waals surface area (Å²) in [5.41, 5.74) is 2.09. The minimum absolute atomic E-state index is 0.0442. The van der Waals surface area contributed by atoms with Crippen molar-refractivity contribution in [3.05, 3.63) is 35.8 Å². The molecule has 0 aliphatic heterocycles. The maximum Gasteiger partial charge on any atom is 0.319 e. The molecule has 2 aliphatic carbocycles. The Hall–Kier alpha value is -2.08. The highest BCUT2D eigenvalue weighted by Gasteiger charge is 2.57. The molecule has 6 heteroatoms. The second-order valence-electron chi connectivity index (χ2n) is 9.89. The monoisotopic (exact) mass is 445 g/mol. The van der Waals surface area contributed by atoms with E-state index in [-0.39, 0.29) is 23.9 Å². The van der Waals surface area contributed by atoms with Gasteiger partial charge in [0.15, 0.2) is 0 Å². The number of rotatable bonds is 9. The third kappa shape index (κ3) is 4.80. The molecule has 2 saturated carbocycles. The van der Waals surface area contributed by atoms with E-state index in [1.54, 1.807) is 13.2 Å². The highest BCUT2D eigenvalue weighted by atomic mass is 16.5. The largest absolute Gasteiger partial charge is 0.469 e. The molecule has 1 aromatic heterocycles. The van der Waals surface area contributed by atoms with Gasteiger partial charge in [-0.05, 0) is 81.3 Å². The highest BCUT2D eigenvalue weighted by Crippen LogP contribution is 2.62. The van der Waals surface area contributed by atoms with E-state index in [2.05, 4.69) is 25.7 Å². The van der Waals surface area contributed by atoms with Gasteiger partial charge in [0, 0.05) is 0 Å². The zero-order valence-electron chi connectivity index (χ0n) is 20.1. The molecular formula is C26H39NO5. The number of allylic oxidation sites excluding steroid dienone is 1. The fourth-order valence-corrected chi connectivity index (χ4v) is 6.49. The number of esters is 2. The first kappa shape index (κ1) is 24.6. The Kier molecular flexibility index (Phi) is 7.86. The molecule has 0 spiro atoms. The number of fused-ring (bicyclic) bond motifs is 1. The number of carbonyl (C=O) groups excluding carboxylic acids is 2. The quantitative estimate of drug-likeness (QED) is 0.434. The average Bonchev–Trinajstić information content (AvgIpc) is 3.19. The second-order valence-corrected chi connectivity index (χ2v) is 9.89. The third-order valence-corrected chi connectivity index (χ3v) is 8.07. The molecule has 0 saturated heterocycles. The lowest BCUT2D eigenvalue weighted by molar-refractivity contribution is -0.168. The van der Waals surface area contributed by atoms with E-state index in [0.29, 0.717) is 25.0 Å². The van der Waals surface area contributed by atoms with Gasteiger partial charge in [-0.15, -0.1) is 0 Å². The zero-order chi connectivity index (χ0) is 23.4. The first-order valence-corrected chi connectivity index (χ1v) is 11.9. The summed E-state index contributed by atoms with van der Waals surface area (Å²) < 4.78 is 15.9. The second kappa shape index (κ2) is 10.2. The van der Waals surface area contributed by atoms with Crippen LogP contribution in [0.25, 0.3) is 0 Å². The Morgan fingerprint density at radius 2 is 2.09 bits per heavy atom. The van der Waals surface area contributed by atoms with Crippen molar-refractivity contribution in [2.24, 2.45) is 22.7 Å². The Morgan fingerprint density at radius 3 is 2.81 bits per heavy atom. The van der Waals surface area contributed by atoms with Crippen molar-refractivity contribution in [1.29, 1.82) is 0 Å². The first-order chi connectivity index (χ1) is 15.3. The lowest BCUT2D eigenvalue weighted by Crippen LogP contribution is -2.53. The molecule has 1 N–H and O–H groups in total. The van der Waals surface area contributed by atoms with Crippen molar-refractivity contribution in [2.45, 2.75) is 72.3 Å². The van der Waals surface area contributed by atoms with E-state index in [1.165, 1.54) is 12.7 Å². The van der Waals surface area contributed by atoms with Crippen LogP contribution < -0.4 is 5.32 Å². The summed E-state index contributed by atoms with van der Waals surface area (Å²) in [5, 5.41) is 3.10. The van der Waals surface area contributed by atoms with Crippen LogP contribution in [-0.4, -0.2) is 32.2 Å². The zero-order valence-corrected chi connectivity index (χ0v) is 20.1. The van der Waals surface area contributed by atoms with Crippen molar-refractivity contribution < 1.29 is 23.5 Å². The summed E-state index contributed by atoms with van der Waals surface area (Å²) in [4.78, 5) is 24.3. The van der Waals surface area contributed by atoms with Crippen LogP contribution in [0.2, 0.25) is 0 Å². The molecule has 0 radical (unpaired) electrons. The number of furan rings is 1. The van der Waals surface area contributed by atoms with Crippen LogP contribution in [0, 0.1) is 22.7 Å². The Morgan fingerprint density at radius 1 is 1.31 bits per heavy atom. The predicted octanol–water partition coefficient (Wildman–Crippen LogP) is 4.82. The molecule has 32 heavy (non-hydrogen) atoms. The predicted molar refractivity (Wildman–Crippen MR) is 123 cm³/mol. The van der Waals surface area contributed by atoms with Crippen LogP contribution in [0.1, 0.15) is 70.6 Å². The lowest BCUT2D eigenvalue weighted by atomic mass is 9.46. The molecule has 1 heterocycles. The molecule has 0 unspecified atom stereocenters. The number of aryl methyl sites for hydroxylation is 1. The average molecular weight is 446 g/mol. The number of carbonyl (C=O) groups is 2. The van der Waals surface area contributed by atoms with Crippen LogP contribution in [0.5, 0.6) is 0 Å². The van der Waals surface area contributed by atoms with Crippen LogP contribution in [0.3, 0.4) is 0 Å². The molecule has 4 atom stereocenters. The molecular weight excluding hydrogens is 406 g/mol. The Bertz CT molecular complexity index is 830. The fourth-order valence-electron chi connectivity index (χ4n) is 6.49. The van der Waals surface area contributed by atoms with Gasteiger partial charge in [-0.2, -0.15) is 0 Å². The van der Waals surface area contributed by atoms with Crippen LogP contribution >= 0.6 is 0 Å². The van der Waals surface area contributed by atoms with E-state index in [1.807, 2.05) is 6.07 Å². The molecule has 2 aliphatic rings. The highest BCUT2D eigenvalue weighted by molar-refractivity contribution is 5.77. The summed E-state index contributed by atoms with van der Waals surface area (Å²) in [6.07, 6.45) is 8.61. The standard InChI is InChI=1S/C26H39NO5/c1-6-31-23(28)17-27-16-21-19(12-15-32-21)9-10-20-18(2)8-11-22-25(20,3)13-7-14-26(22,4)24(29)30-5/h12,15,20,22,27H,2,6-11,13-14,16-17H2,1,3-5H3/t20-,22-,25+,26-/m0/s1. The van der Waals surface area contributed by atoms with Crippen LogP contribution in [0.4, 0.5) is 0 Å². The van der Waals surface area contributed by atoms with E-state index in [0.717, 1.165) is 56.3 Å².